The second-order valence-electron chi connectivity index (χ2n) is 9.03. The van der Waals surface area contributed by atoms with Crippen LogP contribution in [0.2, 0.25) is 0 Å². The van der Waals surface area contributed by atoms with Gasteiger partial charge < -0.3 is 14.9 Å². The Bertz CT molecular complexity index is 375. The lowest BCUT2D eigenvalue weighted by molar-refractivity contribution is -0.00320. The number of hydrogen-bond acceptors (Lipinski definition) is 4. The molecule has 0 aromatic carbocycles. The second-order valence-corrected chi connectivity index (χ2v) is 9.03. The van der Waals surface area contributed by atoms with Gasteiger partial charge in [0.25, 0.3) is 0 Å². The average molecular weight is 352 g/mol. The van der Waals surface area contributed by atoms with Crippen LogP contribution in [0.4, 0.5) is 0 Å². The molecule has 146 valence electrons. The van der Waals surface area contributed by atoms with Gasteiger partial charge in [0, 0.05) is 50.9 Å². The summed E-state index contributed by atoms with van der Waals surface area (Å²) in [6.07, 6.45) is 10.8. The van der Waals surface area contributed by atoms with E-state index in [-0.39, 0.29) is 0 Å². The summed E-state index contributed by atoms with van der Waals surface area (Å²) in [5.41, 5.74) is 0. The average Bonchev–Trinajstić information content (AvgIpc) is 2.63. The van der Waals surface area contributed by atoms with Gasteiger partial charge >= 0.3 is 0 Å². The number of piperazine rings is 1. The first-order valence-corrected chi connectivity index (χ1v) is 11.0. The van der Waals surface area contributed by atoms with Crippen molar-refractivity contribution in [2.45, 2.75) is 83.3 Å². The van der Waals surface area contributed by atoms with E-state index in [4.69, 9.17) is 0 Å². The molecule has 1 saturated carbocycles. The molecular formula is C21H41N3O. The molecule has 25 heavy (non-hydrogen) atoms. The lowest BCUT2D eigenvalue weighted by atomic mass is 9.88. The molecule has 0 aromatic rings. The molecule has 1 N–H and O–H groups in total. The number of likely N-dealkylation sites (tertiary alicyclic amines) is 1. The normalized spacial score (nSPS) is 29.5. The number of aliphatic hydroxyl groups excluding tert-OH is 1. The van der Waals surface area contributed by atoms with Crippen LogP contribution in [0.5, 0.6) is 0 Å². The van der Waals surface area contributed by atoms with Gasteiger partial charge in [0.1, 0.15) is 0 Å². The molecule has 1 atom stereocenters. The minimum absolute atomic E-state index is 0.337. The molecule has 3 rings (SSSR count). The number of rotatable bonds is 6. The van der Waals surface area contributed by atoms with Gasteiger partial charge in [0.15, 0.2) is 0 Å². The first-order chi connectivity index (χ1) is 12.2. The summed E-state index contributed by atoms with van der Waals surface area (Å²) in [6.45, 7) is 12.4. The molecule has 0 unspecified atom stereocenters. The smallest absolute Gasteiger partial charge is 0.0446 e. The zero-order valence-electron chi connectivity index (χ0n) is 16.7. The Balaban J connectivity index is 1.51. The van der Waals surface area contributed by atoms with E-state index in [0.29, 0.717) is 18.7 Å². The van der Waals surface area contributed by atoms with Crippen LogP contribution < -0.4 is 0 Å². The molecule has 0 bridgehead atoms. The van der Waals surface area contributed by atoms with Crippen LogP contribution >= 0.6 is 0 Å². The summed E-state index contributed by atoms with van der Waals surface area (Å²) in [4.78, 5) is 8.11. The summed E-state index contributed by atoms with van der Waals surface area (Å²) in [7, 11) is 0. The maximum atomic E-state index is 9.60. The Labute approximate surface area is 155 Å². The quantitative estimate of drug-likeness (QED) is 0.797. The van der Waals surface area contributed by atoms with Gasteiger partial charge in [-0.05, 0) is 65.0 Å². The highest BCUT2D eigenvalue weighted by Gasteiger charge is 2.34. The third-order valence-electron chi connectivity index (χ3n) is 7.01. The molecule has 2 heterocycles. The topological polar surface area (TPSA) is 30.0 Å². The van der Waals surface area contributed by atoms with Crippen LogP contribution in [0.3, 0.4) is 0 Å². The Morgan fingerprint density at radius 2 is 1.64 bits per heavy atom. The van der Waals surface area contributed by atoms with Crippen molar-refractivity contribution in [3.63, 3.8) is 0 Å². The van der Waals surface area contributed by atoms with Gasteiger partial charge in [-0.15, -0.1) is 0 Å². The first-order valence-electron chi connectivity index (χ1n) is 11.0. The molecule has 2 aliphatic heterocycles. The number of hydrogen-bond donors (Lipinski definition) is 1. The Kier molecular flexibility index (Phi) is 7.59. The lowest BCUT2D eigenvalue weighted by Gasteiger charge is -2.48. The fraction of sp³-hybridized carbons (Fsp3) is 1.00. The predicted molar refractivity (Wildman–Crippen MR) is 105 cm³/mol. The van der Waals surface area contributed by atoms with Crippen molar-refractivity contribution in [2.75, 3.05) is 45.9 Å². The molecule has 2 saturated heterocycles. The van der Waals surface area contributed by atoms with Crippen LogP contribution in [0.25, 0.3) is 0 Å². The summed E-state index contributed by atoms with van der Waals surface area (Å²) in [6, 6.07) is 1.99. The van der Waals surface area contributed by atoms with Crippen molar-refractivity contribution in [2.24, 2.45) is 5.92 Å². The summed E-state index contributed by atoms with van der Waals surface area (Å²) in [5, 5.41) is 9.60. The molecule has 0 spiro atoms. The molecule has 3 fully saturated rings. The van der Waals surface area contributed by atoms with Crippen molar-refractivity contribution in [1.82, 2.24) is 14.7 Å². The van der Waals surface area contributed by atoms with Gasteiger partial charge in [-0.1, -0.05) is 19.3 Å². The van der Waals surface area contributed by atoms with Gasteiger partial charge in [-0.2, -0.15) is 0 Å². The Morgan fingerprint density at radius 3 is 2.28 bits per heavy atom. The lowest BCUT2D eigenvalue weighted by Crippen LogP contribution is -2.59. The van der Waals surface area contributed by atoms with Crippen LogP contribution in [0.1, 0.15) is 65.2 Å². The zero-order chi connectivity index (χ0) is 17.6. The summed E-state index contributed by atoms with van der Waals surface area (Å²) < 4.78 is 0. The highest BCUT2D eigenvalue weighted by atomic mass is 16.3. The second kappa shape index (κ2) is 9.68. The Morgan fingerprint density at radius 1 is 0.920 bits per heavy atom. The summed E-state index contributed by atoms with van der Waals surface area (Å²) >= 11 is 0. The standard InChI is InChI=1S/C21H41N3O/c1-18(2)23-11-8-20(9-12-23)24-14-13-22(17-21(24)10-15-25)16-19-6-4-3-5-7-19/h18-21,25H,3-17H2,1-2H3/t21-/m0/s1. The highest BCUT2D eigenvalue weighted by molar-refractivity contribution is 4.90. The number of piperidine rings is 1. The molecular weight excluding hydrogens is 310 g/mol. The third kappa shape index (κ3) is 5.41. The van der Waals surface area contributed by atoms with E-state index >= 15 is 0 Å². The van der Waals surface area contributed by atoms with Gasteiger partial charge in [0.05, 0.1) is 0 Å². The van der Waals surface area contributed by atoms with E-state index in [1.54, 1.807) is 0 Å². The molecule has 0 amide bonds. The van der Waals surface area contributed by atoms with Crippen LogP contribution in [-0.2, 0) is 0 Å². The monoisotopic (exact) mass is 351 g/mol. The van der Waals surface area contributed by atoms with Gasteiger partial charge in [0.2, 0.25) is 0 Å². The molecule has 4 nitrogen and oxygen atoms in total. The SMILES string of the molecule is CC(C)N1CCC(N2CCN(CC3CCCCC3)C[C@@H]2CCO)CC1. The highest BCUT2D eigenvalue weighted by Crippen LogP contribution is 2.28. The van der Waals surface area contributed by atoms with E-state index in [0.717, 1.165) is 18.4 Å². The van der Waals surface area contributed by atoms with Gasteiger partial charge in [-0.3, -0.25) is 4.90 Å². The van der Waals surface area contributed by atoms with E-state index < -0.39 is 0 Å². The van der Waals surface area contributed by atoms with E-state index in [9.17, 15) is 5.11 Å². The number of nitrogens with zero attached hydrogens (tertiary/aromatic N) is 3. The fourth-order valence-electron chi connectivity index (χ4n) is 5.46. The summed E-state index contributed by atoms with van der Waals surface area (Å²) in [5.74, 6) is 0.935. The third-order valence-corrected chi connectivity index (χ3v) is 7.01. The number of aliphatic hydroxyl groups is 1. The molecule has 0 radical (unpaired) electrons. The molecule has 4 heteroatoms. The van der Waals surface area contributed by atoms with E-state index in [1.165, 1.54) is 84.2 Å². The van der Waals surface area contributed by atoms with Crippen molar-refractivity contribution in [3.05, 3.63) is 0 Å². The molecule has 1 aliphatic carbocycles. The van der Waals surface area contributed by atoms with Crippen LogP contribution in [0.15, 0.2) is 0 Å². The largest absolute Gasteiger partial charge is 0.396 e. The van der Waals surface area contributed by atoms with Crippen molar-refractivity contribution >= 4 is 0 Å². The van der Waals surface area contributed by atoms with E-state index in [1.807, 2.05) is 0 Å². The minimum Gasteiger partial charge on any atom is -0.396 e. The molecule has 3 aliphatic rings. The molecule has 0 aromatic heterocycles. The van der Waals surface area contributed by atoms with Crippen molar-refractivity contribution in [1.29, 1.82) is 0 Å². The maximum absolute atomic E-state index is 9.60. The minimum atomic E-state index is 0.337. The first kappa shape index (κ1) is 19.6. The fourth-order valence-corrected chi connectivity index (χ4v) is 5.46. The Hall–Kier alpha value is -0.160. The van der Waals surface area contributed by atoms with E-state index in [2.05, 4.69) is 28.5 Å². The maximum Gasteiger partial charge on any atom is 0.0446 e. The van der Waals surface area contributed by atoms with Crippen LogP contribution in [0, 0.1) is 5.92 Å². The van der Waals surface area contributed by atoms with Gasteiger partial charge in [-0.25, -0.2) is 0 Å². The van der Waals surface area contributed by atoms with Crippen LogP contribution in [-0.4, -0.2) is 83.8 Å². The zero-order valence-corrected chi connectivity index (χ0v) is 16.7. The predicted octanol–water partition coefficient (Wildman–Crippen LogP) is 2.81. The van der Waals surface area contributed by atoms with Crippen molar-refractivity contribution in [3.8, 4) is 0 Å². The van der Waals surface area contributed by atoms with Crippen molar-refractivity contribution < 1.29 is 5.11 Å².